The van der Waals surface area contributed by atoms with Crippen molar-refractivity contribution in [2.75, 3.05) is 11.1 Å². The molecule has 0 spiro atoms. The van der Waals surface area contributed by atoms with Gasteiger partial charge in [0.1, 0.15) is 0 Å². The molecule has 0 fully saturated rings. The first-order chi connectivity index (χ1) is 13.6. The molecule has 0 aliphatic heterocycles. The Morgan fingerprint density at radius 3 is 2.54 bits per heavy atom. The Morgan fingerprint density at radius 2 is 1.75 bits per heavy atom. The summed E-state index contributed by atoms with van der Waals surface area (Å²) in [6.07, 6.45) is 0. The molecule has 0 unspecified atom stereocenters. The van der Waals surface area contributed by atoms with Crippen molar-refractivity contribution >= 4 is 46.0 Å². The van der Waals surface area contributed by atoms with Crippen molar-refractivity contribution in [3.05, 3.63) is 83.4 Å². The fraction of sp³-hybridized carbons (Fsp3) is 0.0909. The van der Waals surface area contributed by atoms with Gasteiger partial charge >= 0.3 is 0 Å². The van der Waals surface area contributed by atoms with Gasteiger partial charge in [0.25, 0.3) is 0 Å². The Morgan fingerprint density at radius 1 is 1.04 bits per heavy atom. The number of imidazole rings is 1. The second kappa shape index (κ2) is 8.09. The lowest BCUT2D eigenvalue weighted by Gasteiger charge is -2.10. The predicted molar refractivity (Wildman–Crippen MR) is 117 cm³/mol. The smallest absolute Gasteiger partial charge is 0.234 e. The van der Waals surface area contributed by atoms with Crippen molar-refractivity contribution < 1.29 is 4.79 Å². The summed E-state index contributed by atoms with van der Waals surface area (Å²) in [5.41, 5.74) is 4.74. The summed E-state index contributed by atoms with van der Waals surface area (Å²) in [7, 11) is 0. The monoisotopic (exact) mass is 407 g/mol. The number of halogens is 1. The number of aromatic nitrogens is 2. The third-order valence-electron chi connectivity index (χ3n) is 4.30. The molecule has 0 bridgehead atoms. The maximum absolute atomic E-state index is 12.4. The van der Waals surface area contributed by atoms with Gasteiger partial charge in [-0.15, -0.1) is 0 Å². The molecule has 1 heterocycles. The fourth-order valence-corrected chi connectivity index (χ4v) is 3.93. The minimum absolute atomic E-state index is 0.124. The standard InChI is InChI=1S/C22H18ClN3OS/c1-15-10-12-16(13-11-15)26-20-9-5-4-8-19(20)25-22(26)28-14-21(27)24-18-7-3-2-6-17(18)23/h2-13H,14H2,1H3,(H,24,27). The highest BCUT2D eigenvalue weighted by atomic mass is 35.5. The summed E-state index contributed by atoms with van der Waals surface area (Å²) in [6, 6.07) is 23.5. The van der Waals surface area contributed by atoms with E-state index in [2.05, 4.69) is 41.1 Å². The van der Waals surface area contributed by atoms with E-state index in [1.54, 1.807) is 12.1 Å². The number of nitrogens with one attached hydrogen (secondary N) is 1. The number of anilines is 1. The molecule has 1 N–H and O–H groups in total. The van der Waals surface area contributed by atoms with Crippen LogP contribution in [-0.4, -0.2) is 21.2 Å². The van der Waals surface area contributed by atoms with Crippen LogP contribution in [0.3, 0.4) is 0 Å². The average Bonchev–Trinajstić information content (AvgIpc) is 3.07. The molecule has 140 valence electrons. The van der Waals surface area contributed by atoms with E-state index in [4.69, 9.17) is 16.6 Å². The van der Waals surface area contributed by atoms with Crippen LogP contribution in [0.15, 0.2) is 78.0 Å². The van der Waals surface area contributed by atoms with Crippen LogP contribution in [0, 0.1) is 6.92 Å². The first-order valence-electron chi connectivity index (χ1n) is 8.83. The number of fused-ring (bicyclic) bond motifs is 1. The number of rotatable bonds is 5. The number of carbonyl (C=O) groups is 1. The molecule has 1 aromatic heterocycles. The van der Waals surface area contributed by atoms with Crippen LogP contribution < -0.4 is 5.32 Å². The molecule has 28 heavy (non-hydrogen) atoms. The molecule has 6 heteroatoms. The van der Waals surface area contributed by atoms with Crippen LogP contribution in [-0.2, 0) is 4.79 Å². The SMILES string of the molecule is Cc1ccc(-n2c(SCC(=O)Nc3ccccc3Cl)nc3ccccc32)cc1. The van der Waals surface area contributed by atoms with Crippen LogP contribution in [0.2, 0.25) is 5.02 Å². The van der Waals surface area contributed by atoms with E-state index in [9.17, 15) is 4.79 Å². The number of amides is 1. The minimum atomic E-state index is -0.124. The van der Waals surface area contributed by atoms with Crippen LogP contribution in [0.5, 0.6) is 0 Å². The van der Waals surface area contributed by atoms with Crippen LogP contribution in [0.25, 0.3) is 16.7 Å². The van der Waals surface area contributed by atoms with Crippen molar-refractivity contribution in [2.45, 2.75) is 12.1 Å². The summed E-state index contributed by atoms with van der Waals surface area (Å²) >= 11 is 7.52. The lowest BCUT2D eigenvalue weighted by atomic mass is 10.2. The van der Waals surface area contributed by atoms with E-state index >= 15 is 0 Å². The van der Waals surface area contributed by atoms with Crippen molar-refractivity contribution in [1.82, 2.24) is 9.55 Å². The molecule has 4 nitrogen and oxygen atoms in total. The van der Waals surface area contributed by atoms with Crippen molar-refractivity contribution in [2.24, 2.45) is 0 Å². The number of hydrogen-bond acceptors (Lipinski definition) is 3. The largest absolute Gasteiger partial charge is 0.324 e. The molecule has 0 aliphatic rings. The third-order valence-corrected chi connectivity index (χ3v) is 5.57. The highest BCUT2D eigenvalue weighted by molar-refractivity contribution is 7.99. The lowest BCUT2D eigenvalue weighted by molar-refractivity contribution is -0.113. The summed E-state index contributed by atoms with van der Waals surface area (Å²) in [6.45, 7) is 2.06. The molecule has 0 radical (unpaired) electrons. The number of hydrogen-bond donors (Lipinski definition) is 1. The topological polar surface area (TPSA) is 46.9 Å². The summed E-state index contributed by atoms with van der Waals surface area (Å²) in [4.78, 5) is 17.1. The number of nitrogens with zero attached hydrogens (tertiary/aromatic N) is 2. The maximum atomic E-state index is 12.4. The molecule has 4 aromatic rings. The Hall–Kier alpha value is -2.76. The van der Waals surface area contributed by atoms with E-state index < -0.39 is 0 Å². The van der Waals surface area contributed by atoms with Gasteiger partial charge < -0.3 is 5.32 Å². The number of aryl methyl sites for hydroxylation is 1. The zero-order chi connectivity index (χ0) is 19.5. The fourth-order valence-electron chi connectivity index (χ4n) is 2.92. The lowest BCUT2D eigenvalue weighted by Crippen LogP contribution is -2.14. The molecular formula is C22H18ClN3OS. The quantitative estimate of drug-likeness (QED) is 0.430. The van der Waals surface area contributed by atoms with Gasteiger partial charge in [0.15, 0.2) is 5.16 Å². The molecular weight excluding hydrogens is 390 g/mol. The van der Waals surface area contributed by atoms with Crippen molar-refractivity contribution in [1.29, 1.82) is 0 Å². The Bertz CT molecular complexity index is 1140. The minimum Gasteiger partial charge on any atom is -0.324 e. The van der Waals surface area contributed by atoms with E-state index in [-0.39, 0.29) is 11.7 Å². The van der Waals surface area contributed by atoms with Gasteiger partial charge in [0.05, 0.1) is 27.5 Å². The van der Waals surface area contributed by atoms with Crippen molar-refractivity contribution in [3.8, 4) is 5.69 Å². The van der Waals surface area contributed by atoms with E-state index in [1.807, 2.05) is 36.4 Å². The highest BCUT2D eigenvalue weighted by Crippen LogP contribution is 2.28. The maximum Gasteiger partial charge on any atom is 0.234 e. The van der Waals surface area contributed by atoms with E-state index in [1.165, 1.54) is 17.3 Å². The van der Waals surface area contributed by atoms with Crippen LogP contribution in [0.4, 0.5) is 5.69 Å². The second-order valence-corrected chi connectivity index (χ2v) is 7.72. The first-order valence-corrected chi connectivity index (χ1v) is 10.2. The van der Waals surface area contributed by atoms with Gasteiger partial charge in [0, 0.05) is 5.69 Å². The van der Waals surface area contributed by atoms with Gasteiger partial charge in [0.2, 0.25) is 5.91 Å². The zero-order valence-corrected chi connectivity index (χ0v) is 16.8. The number of carbonyl (C=O) groups excluding carboxylic acids is 1. The molecule has 0 atom stereocenters. The van der Waals surface area contributed by atoms with Crippen LogP contribution in [0.1, 0.15) is 5.56 Å². The zero-order valence-electron chi connectivity index (χ0n) is 15.2. The van der Waals surface area contributed by atoms with Gasteiger partial charge in [-0.2, -0.15) is 0 Å². The Balaban J connectivity index is 1.60. The van der Waals surface area contributed by atoms with Crippen LogP contribution >= 0.6 is 23.4 Å². The second-order valence-electron chi connectivity index (χ2n) is 6.37. The predicted octanol–water partition coefficient (Wildman–Crippen LogP) is 5.72. The molecule has 0 saturated carbocycles. The van der Waals surface area contributed by atoms with Gasteiger partial charge in [-0.1, -0.05) is 65.3 Å². The Kier molecular flexibility index (Phi) is 5.37. The van der Waals surface area contributed by atoms with Gasteiger partial charge in [-0.25, -0.2) is 4.98 Å². The first kappa shape index (κ1) is 18.6. The van der Waals surface area contributed by atoms with Crippen molar-refractivity contribution in [3.63, 3.8) is 0 Å². The molecule has 3 aromatic carbocycles. The molecule has 4 rings (SSSR count). The van der Waals surface area contributed by atoms with Gasteiger partial charge in [-0.05, 0) is 43.3 Å². The summed E-state index contributed by atoms with van der Waals surface area (Å²) in [5.74, 6) is 0.112. The number of para-hydroxylation sites is 3. The van der Waals surface area contributed by atoms with E-state index in [0.717, 1.165) is 21.9 Å². The van der Waals surface area contributed by atoms with E-state index in [0.29, 0.717) is 10.7 Å². The molecule has 0 aliphatic carbocycles. The number of thioether (sulfide) groups is 1. The number of benzene rings is 3. The highest BCUT2D eigenvalue weighted by Gasteiger charge is 2.15. The van der Waals surface area contributed by atoms with Gasteiger partial charge in [-0.3, -0.25) is 9.36 Å². The third kappa shape index (κ3) is 3.91. The average molecular weight is 408 g/mol. The Labute approximate surface area is 172 Å². The summed E-state index contributed by atoms with van der Waals surface area (Å²) in [5, 5.41) is 4.15. The molecule has 0 saturated heterocycles. The molecule has 1 amide bonds. The normalized spacial score (nSPS) is 10.9. The summed E-state index contributed by atoms with van der Waals surface area (Å²) < 4.78 is 2.09.